The number of anilines is 2. The largest absolute Gasteiger partial charge is 0.457 e. The van der Waals surface area contributed by atoms with Crippen LogP contribution in [0.15, 0.2) is 12.2 Å². The first-order valence-electron chi connectivity index (χ1n) is 6.55. The van der Waals surface area contributed by atoms with Gasteiger partial charge < -0.3 is 15.4 Å². The minimum absolute atomic E-state index is 0.0204. The van der Waals surface area contributed by atoms with E-state index in [9.17, 15) is 4.79 Å². The third-order valence-corrected chi connectivity index (χ3v) is 3.03. The average molecular weight is 277 g/mol. The highest BCUT2D eigenvalue weighted by Crippen LogP contribution is 2.19. The van der Waals surface area contributed by atoms with Crippen LogP contribution in [0.3, 0.4) is 0 Å². The van der Waals surface area contributed by atoms with Gasteiger partial charge in [-0.25, -0.2) is 0 Å². The smallest absolute Gasteiger partial charge is 0.309 e. The van der Waals surface area contributed by atoms with Gasteiger partial charge in [-0.2, -0.15) is 15.0 Å². The van der Waals surface area contributed by atoms with Gasteiger partial charge in [0.25, 0.3) is 0 Å². The quantitative estimate of drug-likeness (QED) is 0.646. The molecule has 1 aromatic heterocycles. The molecule has 20 heavy (non-hydrogen) atoms. The number of ether oxygens (including phenoxy) is 1. The van der Waals surface area contributed by atoms with Gasteiger partial charge in [-0.05, 0) is 19.3 Å². The Morgan fingerprint density at radius 3 is 2.85 bits per heavy atom. The lowest BCUT2D eigenvalue weighted by Gasteiger charge is -2.16. The Morgan fingerprint density at radius 1 is 1.40 bits per heavy atom. The molecule has 0 fully saturated rings. The molecule has 0 radical (unpaired) electrons. The second-order valence-corrected chi connectivity index (χ2v) is 4.89. The molecule has 0 amide bonds. The van der Waals surface area contributed by atoms with Crippen molar-refractivity contribution in [3.63, 3.8) is 0 Å². The van der Waals surface area contributed by atoms with Crippen LogP contribution in [-0.4, -0.2) is 35.0 Å². The molecular formula is C13H19N5O2. The van der Waals surface area contributed by atoms with Crippen LogP contribution in [0, 0.1) is 5.92 Å². The molecule has 2 rings (SSSR count). The summed E-state index contributed by atoms with van der Waals surface area (Å²) in [5.74, 6) is 0.660. The van der Waals surface area contributed by atoms with Crippen molar-refractivity contribution >= 4 is 17.9 Å². The molecule has 1 atom stereocenters. The van der Waals surface area contributed by atoms with E-state index < -0.39 is 0 Å². The Labute approximate surface area is 117 Å². The van der Waals surface area contributed by atoms with E-state index in [0.29, 0.717) is 11.8 Å². The number of nitrogen functional groups attached to an aromatic ring is 1. The van der Waals surface area contributed by atoms with Gasteiger partial charge in [-0.15, -0.1) is 0 Å². The van der Waals surface area contributed by atoms with Gasteiger partial charge in [0.2, 0.25) is 11.9 Å². The van der Waals surface area contributed by atoms with Crippen LogP contribution in [0.5, 0.6) is 0 Å². The van der Waals surface area contributed by atoms with Crippen molar-refractivity contribution in [1.82, 2.24) is 15.0 Å². The fourth-order valence-corrected chi connectivity index (χ4v) is 1.95. The molecule has 7 heteroatoms. The van der Waals surface area contributed by atoms with Crippen LogP contribution >= 0.6 is 0 Å². The maximum absolute atomic E-state index is 11.9. The van der Waals surface area contributed by atoms with Crippen molar-refractivity contribution in [2.75, 3.05) is 24.7 Å². The fraction of sp³-hybridized carbons (Fsp3) is 0.538. The first-order valence-corrected chi connectivity index (χ1v) is 6.55. The average Bonchev–Trinajstić information content (AvgIpc) is 2.45. The van der Waals surface area contributed by atoms with E-state index in [0.717, 1.165) is 19.3 Å². The van der Waals surface area contributed by atoms with Gasteiger partial charge in [0.1, 0.15) is 0 Å². The lowest BCUT2D eigenvalue weighted by atomic mass is 9.95. The Kier molecular flexibility index (Phi) is 4.49. The topological polar surface area (TPSA) is 94.2 Å². The molecule has 0 aromatic carbocycles. The third kappa shape index (κ3) is 3.66. The zero-order valence-corrected chi connectivity index (χ0v) is 11.7. The van der Waals surface area contributed by atoms with Gasteiger partial charge in [-0.1, -0.05) is 12.2 Å². The van der Waals surface area contributed by atoms with Crippen molar-refractivity contribution in [2.24, 2.45) is 5.92 Å². The van der Waals surface area contributed by atoms with Crippen LogP contribution in [0.1, 0.15) is 25.1 Å². The maximum atomic E-state index is 11.9. The van der Waals surface area contributed by atoms with E-state index in [2.05, 4.69) is 21.0 Å². The molecule has 0 spiro atoms. The molecule has 0 bridgehead atoms. The van der Waals surface area contributed by atoms with E-state index in [1.807, 2.05) is 6.08 Å². The van der Waals surface area contributed by atoms with Crippen LogP contribution in [0.25, 0.3) is 0 Å². The summed E-state index contributed by atoms with van der Waals surface area (Å²) in [5, 5.41) is 0. The molecule has 1 aromatic rings. The number of nitrogens with two attached hydrogens (primary N) is 1. The van der Waals surface area contributed by atoms with Crippen LogP contribution in [0.4, 0.5) is 11.9 Å². The molecule has 0 saturated heterocycles. The van der Waals surface area contributed by atoms with Gasteiger partial charge in [0.05, 0.1) is 5.92 Å². The van der Waals surface area contributed by atoms with E-state index in [1.165, 1.54) is 0 Å². The molecule has 0 saturated carbocycles. The first-order chi connectivity index (χ1) is 9.56. The molecule has 108 valence electrons. The van der Waals surface area contributed by atoms with Crippen LogP contribution in [-0.2, 0) is 16.1 Å². The highest BCUT2D eigenvalue weighted by molar-refractivity contribution is 5.72. The number of aromatic nitrogens is 3. The summed E-state index contributed by atoms with van der Waals surface area (Å²) in [6.45, 7) is 0.0204. The van der Waals surface area contributed by atoms with E-state index in [4.69, 9.17) is 10.5 Å². The van der Waals surface area contributed by atoms with Crippen molar-refractivity contribution in [1.29, 1.82) is 0 Å². The van der Waals surface area contributed by atoms with Crippen molar-refractivity contribution in [3.8, 4) is 0 Å². The van der Waals surface area contributed by atoms with Gasteiger partial charge in [0, 0.05) is 14.1 Å². The monoisotopic (exact) mass is 277 g/mol. The van der Waals surface area contributed by atoms with E-state index >= 15 is 0 Å². The number of hydrogen-bond donors (Lipinski definition) is 1. The number of carbonyl (C=O) groups excluding carboxylic acids is 1. The molecule has 7 nitrogen and oxygen atoms in total. The van der Waals surface area contributed by atoms with Crippen LogP contribution in [0.2, 0.25) is 0 Å². The minimum atomic E-state index is -0.209. The van der Waals surface area contributed by atoms with E-state index in [-0.39, 0.29) is 24.4 Å². The third-order valence-electron chi connectivity index (χ3n) is 3.03. The summed E-state index contributed by atoms with van der Waals surface area (Å²) in [4.78, 5) is 25.8. The van der Waals surface area contributed by atoms with Gasteiger partial charge in [0.15, 0.2) is 12.4 Å². The molecule has 1 aliphatic carbocycles. The highest BCUT2D eigenvalue weighted by Gasteiger charge is 2.20. The van der Waals surface area contributed by atoms with Crippen LogP contribution < -0.4 is 10.6 Å². The molecule has 1 aliphatic rings. The van der Waals surface area contributed by atoms with Crippen molar-refractivity contribution < 1.29 is 9.53 Å². The Bertz CT molecular complexity index is 515. The van der Waals surface area contributed by atoms with E-state index in [1.54, 1.807) is 19.0 Å². The summed E-state index contributed by atoms with van der Waals surface area (Å²) in [6.07, 6.45) is 6.59. The van der Waals surface area contributed by atoms with Crippen molar-refractivity contribution in [3.05, 3.63) is 18.0 Å². The zero-order chi connectivity index (χ0) is 14.5. The Balaban J connectivity index is 1.96. The number of carbonyl (C=O) groups is 1. The fourth-order valence-electron chi connectivity index (χ4n) is 1.95. The maximum Gasteiger partial charge on any atom is 0.309 e. The predicted molar refractivity (Wildman–Crippen MR) is 74.8 cm³/mol. The lowest BCUT2D eigenvalue weighted by Crippen LogP contribution is -2.20. The summed E-state index contributed by atoms with van der Waals surface area (Å²) >= 11 is 0. The standard InChI is InChI=1S/C13H19N5O2/c1-18(2)13-16-10(15-12(14)17-13)8-20-11(19)9-6-4-3-5-7-9/h3-4,9H,5-8H2,1-2H3,(H2,14,15,16,17). The number of allylic oxidation sites excluding steroid dienone is 2. The van der Waals surface area contributed by atoms with Crippen molar-refractivity contribution in [2.45, 2.75) is 25.9 Å². The lowest BCUT2D eigenvalue weighted by molar-refractivity contribution is -0.150. The summed E-state index contributed by atoms with van der Waals surface area (Å²) < 4.78 is 5.26. The molecule has 1 unspecified atom stereocenters. The number of rotatable bonds is 4. The number of esters is 1. The SMILES string of the molecule is CN(C)c1nc(N)nc(COC(=O)C2CC=CCC2)n1. The molecular weight excluding hydrogens is 258 g/mol. The Hall–Kier alpha value is -2.18. The molecule has 0 aliphatic heterocycles. The summed E-state index contributed by atoms with van der Waals surface area (Å²) in [5.41, 5.74) is 5.61. The number of hydrogen-bond acceptors (Lipinski definition) is 7. The van der Waals surface area contributed by atoms with Gasteiger partial charge in [-0.3, -0.25) is 4.79 Å². The summed E-state index contributed by atoms with van der Waals surface area (Å²) in [6, 6.07) is 0. The second-order valence-electron chi connectivity index (χ2n) is 4.89. The zero-order valence-electron chi connectivity index (χ0n) is 11.7. The minimum Gasteiger partial charge on any atom is -0.457 e. The summed E-state index contributed by atoms with van der Waals surface area (Å²) in [7, 11) is 3.61. The highest BCUT2D eigenvalue weighted by atomic mass is 16.5. The van der Waals surface area contributed by atoms with Gasteiger partial charge >= 0.3 is 5.97 Å². The normalized spacial score (nSPS) is 17.8. The first kappa shape index (κ1) is 14.2. The predicted octanol–water partition coefficient (Wildman–Crippen LogP) is 0.919. The molecule has 2 N–H and O–H groups in total. The second kappa shape index (κ2) is 6.31. The Morgan fingerprint density at radius 2 is 2.20 bits per heavy atom. The number of nitrogens with zero attached hydrogens (tertiary/aromatic N) is 4. The molecule has 1 heterocycles.